The highest BCUT2D eigenvalue weighted by Crippen LogP contribution is 2.51. The summed E-state index contributed by atoms with van der Waals surface area (Å²) < 4.78 is 25.6. The lowest BCUT2D eigenvalue weighted by atomic mass is 10.1. The number of nitrogens with zero attached hydrogens (tertiary/aromatic N) is 1. The first-order valence-corrected chi connectivity index (χ1v) is 12.0. The van der Waals surface area contributed by atoms with E-state index in [1.165, 1.54) is 21.6 Å². The van der Waals surface area contributed by atoms with Crippen molar-refractivity contribution in [3.63, 3.8) is 0 Å². The number of piperidine rings is 1. The molecule has 2 heterocycles. The highest BCUT2D eigenvalue weighted by molar-refractivity contribution is 7.88. The van der Waals surface area contributed by atoms with Crippen molar-refractivity contribution in [1.29, 1.82) is 0 Å². The molecule has 144 valence electrons. The Kier molecular flexibility index (Phi) is 5.09. The Bertz CT molecular complexity index is 924. The van der Waals surface area contributed by atoms with E-state index < -0.39 is 10.0 Å². The van der Waals surface area contributed by atoms with E-state index in [1.54, 1.807) is 11.3 Å². The van der Waals surface area contributed by atoms with Crippen LogP contribution in [-0.2, 0) is 14.8 Å². The maximum absolute atomic E-state index is 12.9. The fourth-order valence-electron chi connectivity index (χ4n) is 3.90. The summed E-state index contributed by atoms with van der Waals surface area (Å²) in [4.78, 5) is 17.2. The lowest BCUT2D eigenvalue weighted by Crippen LogP contribution is -2.49. The zero-order chi connectivity index (χ0) is 19.0. The van der Waals surface area contributed by atoms with Crippen molar-refractivity contribution in [3.8, 4) is 10.4 Å². The second-order valence-electron chi connectivity index (χ2n) is 7.53. The third kappa shape index (κ3) is 4.42. The molecular weight excluding hydrogens is 380 g/mol. The number of nitrogens with one attached hydrogen (secondary N) is 1. The number of thiophene rings is 1. The van der Waals surface area contributed by atoms with Crippen LogP contribution in [0, 0.1) is 5.92 Å². The number of benzene rings is 1. The molecule has 2 aromatic rings. The minimum atomic E-state index is -3.24. The second kappa shape index (κ2) is 7.37. The van der Waals surface area contributed by atoms with Crippen LogP contribution in [0.25, 0.3) is 10.4 Å². The number of sulfonamides is 1. The third-order valence-electron chi connectivity index (χ3n) is 5.27. The zero-order valence-electron chi connectivity index (χ0n) is 15.3. The zero-order valence-corrected chi connectivity index (χ0v) is 16.9. The van der Waals surface area contributed by atoms with Crippen molar-refractivity contribution < 1.29 is 13.2 Å². The number of rotatable bonds is 5. The van der Waals surface area contributed by atoms with Crippen molar-refractivity contribution in [2.45, 2.75) is 31.2 Å². The van der Waals surface area contributed by atoms with Gasteiger partial charge in [-0.1, -0.05) is 30.3 Å². The van der Waals surface area contributed by atoms with Crippen LogP contribution in [0.3, 0.4) is 0 Å². The van der Waals surface area contributed by atoms with Crippen LogP contribution in [-0.4, -0.2) is 44.6 Å². The van der Waals surface area contributed by atoms with Crippen LogP contribution in [0.2, 0.25) is 0 Å². The molecule has 27 heavy (non-hydrogen) atoms. The molecule has 7 heteroatoms. The minimum Gasteiger partial charge on any atom is -0.341 e. The monoisotopic (exact) mass is 404 g/mol. The molecule has 3 atom stereocenters. The van der Waals surface area contributed by atoms with Gasteiger partial charge in [0.1, 0.15) is 0 Å². The number of hydrogen-bond acceptors (Lipinski definition) is 4. The van der Waals surface area contributed by atoms with Gasteiger partial charge in [0.2, 0.25) is 15.9 Å². The van der Waals surface area contributed by atoms with Gasteiger partial charge in [-0.25, -0.2) is 13.1 Å². The predicted octanol–water partition coefficient (Wildman–Crippen LogP) is 3.06. The molecule has 1 amide bonds. The SMILES string of the molecule is CS(=O)(=O)NC1CCCN(C(=O)C2CC2c2ccc(-c3ccccc3)s2)C1. The maximum Gasteiger partial charge on any atom is 0.226 e. The summed E-state index contributed by atoms with van der Waals surface area (Å²) in [5.41, 5.74) is 1.21. The molecule has 0 spiro atoms. The average Bonchev–Trinajstić information content (AvgIpc) is 3.28. The fraction of sp³-hybridized carbons (Fsp3) is 0.450. The summed E-state index contributed by atoms with van der Waals surface area (Å²) in [6.07, 6.45) is 3.70. The predicted molar refractivity (Wildman–Crippen MR) is 108 cm³/mol. The number of carbonyl (C=O) groups excluding carboxylic acids is 1. The first kappa shape index (κ1) is 18.7. The quantitative estimate of drug-likeness (QED) is 0.833. The van der Waals surface area contributed by atoms with E-state index in [1.807, 2.05) is 23.1 Å². The van der Waals surface area contributed by atoms with Gasteiger partial charge in [-0.3, -0.25) is 4.79 Å². The molecule has 0 radical (unpaired) electrons. The number of likely N-dealkylation sites (tertiary alicyclic amines) is 1. The topological polar surface area (TPSA) is 66.5 Å². The second-order valence-corrected chi connectivity index (χ2v) is 10.4. The van der Waals surface area contributed by atoms with Crippen LogP contribution in [0.1, 0.15) is 30.1 Å². The van der Waals surface area contributed by atoms with Crippen LogP contribution < -0.4 is 4.72 Å². The van der Waals surface area contributed by atoms with Crippen molar-refractivity contribution in [1.82, 2.24) is 9.62 Å². The molecule has 2 fully saturated rings. The van der Waals surface area contributed by atoms with E-state index in [0.29, 0.717) is 12.5 Å². The van der Waals surface area contributed by atoms with Crippen LogP contribution in [0.15, 0.2) is 42.5 Å². The molecule has 1 aliphatic heterocycles. The molecule has 1 aliphatic carbocycles. The molecule has 4 rings (SSSR count). The summed E-state index contributed by atoms with van der Waals surface area (Å²) in [5, 5.41) is 0. The molecular formula is C20H24N2O3S2. The Hall–Kier alpha value is -1.70. The number of amides is 1. The van der Waals surface area contributed by atoms with E-state index in [9.17, 15) is 13.2 Å². The number of hydrogen-bond donors (Lipinski definition) is 1. The molecule has 1 saturated carbocycles. The smallest absolute Gasteiger partial charge is 0.226 e. The van der Waals surface area contributed by atoms with Crippen LogP contribution >= 0.6 is 11.3 Å². The van der Waals surface area contributed by atoms with Crippen molar-refractivity contribution in [2.24, 2.45) is 5.92 Å². The van der Waals surface area contributed by atoms with Gasteiger partial charge in [0.05, 0.1) is 6.26 Å². The van der Waals surface area contributed by atoms with E-state index in [0.717, 1.165) is 25.8 Å². The van der Waals surface area contributed by atoms with Gasteiger partial charge in [0.25, 0.3) is 0 Å². The summed E-state index contributed by atoms with van der Waals surface area (Å²) in [6, 6.07) is 14.4. The summed E-state index contributed by atoms with van der Waals surface area (Å²) >= 11 is 1.77. The van der Waals surface area contributed by atoms with Crippen LogP contribution in [0.5, 0.6) is 0 Å². The molecule has 1 aromatic carbocycles. The summed E-state index contributed by atoms with van der Waals surface area (Å²) in [6.45, 7) is 1.21. The highest BCUT2D eigenvalue weighted by atomic mass is 32.2. The molecule has 1 aromatic heterocycles. The molecule has 2 aliphatic rings. The highest BCUT2D eigenvalue weighted by Gasteiger charge is 2.47. The fourth-order valence-corrected chi connectivity index (χ4v) is 5.89. The minimum absolute atomic E-state index is 0.0456. The van der Waals surface area contributed by atoms with Gasteiger partial charge in [-0.2, -0.15) is 0 Å². The van der Waals surface area contributed by atoms with Crippen molar-refractivity contribution >= 4 is 27.3 Å². The molecule has 1 N–H and O–H groups in total. The van der Waals surface area contributed by atoms with Gasteiger partial charge < -0.3 is 4.90 Å². The van der Waals surface area contributed by atoms with Crippen molar-refractivity contribution in [3.05, 3.63) is 47.3 Å². The Morgan fingerprint density at radius 2 is 1.96 bits per heavy atom. The maximum atomic E-state index is 12.9. The normalized spacial score (nSPS) is 25.4. The molecule has 5 nitrogen and oxygen atoms in total. The standard InChI is InChI=1S/C20H24N2O3S2/c1-27(24,25)21-15-8-5-11-22(13-15)20(23)17-12-16(17)19-10-9-18(26-19)14-6-3-2-4-7-14/h2-4,6-7,9-10,15-17,21H,5,8,11-13H2,1H3. The first-order chi connectivity index (χ1) is 12.9. The molecule has 3 unspecified atom stereocenters. The molecule has 0 bridgehead atoms. The Labute approximate surface area is 164 Å². The Balaban J connectivity index is 1.38. The van der Waals surface area contributed by atoms with Gasteiger partial charge in [0, 0.05) is 40.7 Å². The largest absolute Gasteiger partial charge is 0.341 e. The van der Waals surface area contributed by atoms with E-state index in [-0.39, 0.29) is 17.9 Å². The third-order valence-corrected chi connectivity index (χ3v) is 7.30. The number of carbonyl (C=O) groups is 1. The Morgan fingerprint density at radius 1 is 1.19 bits per heavy atom. The van der Waals surface area contributed by atoms with Crippen LogP contribution in [0.4, 0.5) is 0 Å². The van der Waals surface area contributed by atoms with Gasteiger partial charge in [0.15, 0.2) is 0 Å². The van der Waals surface area contributed by atoms with E-state index in [2.05, 4.69) is 29.0 Å². The lowest BCUT2D eigenvalue weighted by Gasteiger charge is -2.33. The Morgan fingerprint density at radius 3 is 2.70 bits per heavy atom. The first-order valence-electron chi connectivity index (χ1n) is 9.32. The van der Waals surface area contributed by atoms with Crippen molar-refractivity contribution in [2.75, 3.05) is 19.3 Å². The summed E-state index contributed by atoms with van der Waals surface area (Å²) in [5.74, 6) is 0.530. The molecule has 1 saturated heterocycles. The lowest BCUT2D eigenvalue weighted by molar-refractivity contribution is -0.133. The van der Waals surface area contributed by atoms with Gasteiger partial charge in [-0.15, -0.1) is 11.3 Å². The van der Waals surface area contributed by atoms with Gasteiger partial charge in [-0.05, 0) is 37.0 Å². The average molecular weight is 405 g/mol. The summed E-state index contributed by atoms with van der Waals surface area (Å²) in [7, 11) is -3.24. The van der Waals surface area contributed by atoms with E-state index in [4.69, 9.17) is 0 Å². The van der Waals surface area contributed by atoms with Gasteiger partial charge >= 0.3 is 0 Å². The van der Waals surface area contributed by atoms with E-state index >= 15 is 0 Å².